The minimum atomic E-state index is -0.640. The molecule has 0 spiro atoms. The molecule has 2 N–H and O–H groups in total. The van der Waals surface area contributed by atoms with Crippen molar-refractivity contribution in [3.8, 4) is 0 Å². The Bertz CT molecular complexity index is 546. The number of carbonyl (C=O) groups is 1. The van der Waals surface area contributed by atoms with Crippen LogP contribution in [-0.4, -0.2) is 22.3 Å². The van der Waals surface area contributed by atoms with Crippen LogP contribution in [0.1, 0.15) is 105 Å². The summed E-state index contributed by atoms with van der Waals surface area (Å²) in [5, 5.41) is 19.1. The number of rotatable bonds is 4. The van der Waals surface area contributed by atoms with Crippen LogP contribution in [0.25, 0.3) is 0 Å². The van der Waals surface area contributed by atoms with E-state index in [1.807, 2.05) is 13.8 Å². The second kappa shape index (κ2) is 8.66. The van der Waals surface area contributed by atoms with Gasteiger partial charge in [-0.25, -0.2) is 0 Å². The molecule has 6 unspecified atom stereocenters. The van der Waals surface area contributed by atoms with E-state index in [0.717, 1.165) is 55.3 Å². The van der Waals surface area contributed by atoms with Gasteiger partial charge < -0.3 is 10.2 Å². The van der Waals surface area contributed by atoms with Gasteiger partial charge in [0.05, 0.1) is 6.10 Å². The Labute approximate surface area is 172 Å². The first-order chi connectivity index (χ1) is 13.3. The molecule has 8 atom stereocenters. The molecule has 0 bridgehead atoms. The van der Waals surface area contributed by atoms with Gasteiger partial charge in [0, 0.05) is 6.42 Å². The van der Waals surface area contributed by atoms with Crippen molar-refractivity contribution in [2.75, 3.05) is 0 Å². The van der Waals surface area contributed by atoms with Crippen LogP contribution in [0.5, 0.6) is 0 Å². The van der Waals surface area contributed by atoms with Gasteiger partial charge in [0.15, 0.2) is 0 Å². The smallest absolute Gasteiger partial charge is 0.303 e. The summed E-state index contributed by atoms with van der Waals surface area (Å²) in [6, 6.07) is 0. The topological polar surface area (TPSA) is 57.5 Å². The Balaban J connectivity index is 0.00000109. The van der Waals surface area contributed by atoms with Crippen molar-refractivity contribution < 1.29 is 15.0 Å². The van der Waals surface area contributed by atoms with Gasteiger partial charge in [0.25, 0.3) is 0 Å². The molecule has 3 nitrogen and oxygen atoms in total. The van der Waals surface area contributed by atoms with E-state index in [4.69, 9.17) is 5.11 Å². The number of carboxylic acids is 1. The van der Waals surface area contributed by atoms with Crippen molar-refractivity contribution >= 4 is 5.97 Å². The van der Waals surface area contributed by atoms with Gasteiger partial charge >= 0.3 is 5.97 Å². The quantitative estimate of drug-likeness (QED) is 0.591. The third-order valence-electron chi connectivity index (χ3n) is 9.78. The average Bonchev–Trinajstić information content (AvgIpc) is 3.00. The van der Waals surface area contributed by atoms with Crippen molar-refractivity contribution in [3.63, 3.8) is 0 Å². The number of aliphatic hydroxyl groups excluding tert-OH is 1. The number of hydrogen-bond acceptors (Lipinski definition) is 2. The number of aliphatic carboxylic acids is 1. The maximum absolute atomic E-state index is 10.9. The lowest BCUT2D eigenvalue weighted by Gasteiger charge is -2.61. The molecule has 0 aromatic heterocycles. The summed E-state index contributed by atoms with van der Waals surface area (Å²) >= 11 is 0. The van der Waals surface area contributed by atoms with Gasteiger partial charge in [-0.05, 0) is 111 Å². The fourth-order valence-corrected chi connectivity index (χ4v) is 8.32. The van der Waals surface area contributed by atoms with Gasteiger partial charge in [-0.1, -0.05) is 27.7 Å². The lowest BCUT2D eigenvalue weighted by Crippen LogP contribution is -2.53. The lowest BCUT2D eigenvalue weighted by molar-refractivity contribution is -0.137. The van der Waals surface area contributed by atoms with Gasteiger partial charge in [0.2, 0.25) is 0 Å². The first kappa shape index (κ1) is 22.1. The average molecular weight is 393 g/mol. The van der Waals surface area contributed by atoms with E-state index < -0.39 is 5.97 Å². The highest BCUT2D eigenvalue weighted by Gasteiger charge is 2.59. The summed E-state index contributed by atoms with van der Waals surface area (Å²) < 4.78 is 0. The van der Waals surface area contributed by atoms with Crippen molar-refractivity contribution in [3.05, 3.63) is 0 Å². The molecule has 0 aromatic rings. The summed E-state index contributed by atoms with van der Waals surface area (Å²) in [4.78, 5) is 10.9. The molecule has 0 aromatic carbocycles. The van der Waals surface area contributed by atoms with Crippen LogP contribution in [0.15, 0.2) is 0 Å². The highest BCUT2D eigenvalue weighted by molar-refractivity contribution is 5.66. The first-order valence-corrected chi connectivity index (χ1v) is 12.2. The molecule has 4 fully saturated rings. The van der Waals surface area contributed by atoms with E-state index in [9.17, 15) is 9.90 Å². The highest BCUT2D eigenvalue weighted by Crippen LogP contribution is 2.67. The Kier molecular flexibility index (Phi) is 6.84. The monoisotopic (exact) mass is 392 g/mol. The van der Waals surface area contributed by atoms with Crippen LogP contribution in [0, 0.1) is 40.4 Å². The zero-order valence-corrected chi connectivity index (χ0v) is 18.8. The summed E-state index contributed by atoms with van der Waals surface area (Å²) in [7, 11) is 0. The molecule has 0 aliphatic heterocycles. The second-order valence-corrected chi connectivity index (χ2v) is 10.7. The predicted molar refractivity (Wildman–Crippen MR) is 114 cm³/mol. The SMILES string of the molecule is CC.CC12CC[C@@H](O)CC1CCC1C2CCC2(C)C1CC[C@@H]2CCCC(=O)O. The number of hydrogen-bond donors (Lipinski definition) is 2. The third-order valence-corrected chi connectivity index (χ3v) is 9.78. The van der Waals surface area contributed by atoms with E-state index in [0.29, 0.717) is 17.3 Å². The van der Waals surface area contributed by atoms with Crippen molar-refractivity contribution in [2.24, 2.45) is 40.4 Å². The molecule has 28 heavy (non-hydrogen) atoms. The van der Waals surface area contributed by atoms with Crippen molar-refractivity contribution in [1.29, 1.82) is 0 Å². The fourth-order valence-electron chi connectivity index (χ4n) is 8.32. The van der Waals surface area contributed by atoms with Gasteiger partial charge in [-0.15, -0.1) is 0 Å². The lowest BCUT2D eigenvalue weighted by atomic mass is 9.44. The Morgan fingerprint density at radius 1 is 0.929 bits per heavy atom. The van der Waals surface area contributed by atoms with Crippen LogP contribution < -0.4 is 0 Å². The minimum absolute atomic E-state index is 0.0522. The second-order valence-electron chi connectivity index (χ2n) is 10.7. The minimum Gasteiger partial charge on any atom is -0.481 e. The molecule has 4 saturated carbocycles. The molecule has 4 rings (SSSR count). The van der Waals surface area contributed by atoms with Gasteiger partial charge in [-0.2, -0.15) is 0 Å². The molecule has 3 heteroatoms. The molecule has 0 radical (unpaired) electrons. The molecular weight excluding hydrogens is 348 g/mol. The summed E-state index contributed by atoms with van der Waals surface area (Å²) in [6.07, 6.45) is 13.6. The van der Waals surface area contributed by atoms with Crippen LogP contribution >= 0.6 is 0 Å². The first-order valence-electron chi connectivity index (χ1n) is 12.2. The maximum Gasteiger partial charge on any atom is 0.303 e. The maximum atomic E-state index is 10.9. The molecular formula is C25H44O3. The van der Waals surface area contributed by atoms with E-state index in [1.165, 1.54) is 44.9 Å². The van der Waals surface area contributed by atoms with Crippen LogP contribution in [0.3, 0.4) is 0 Å². The molecule has 0 saturated heterocycles. The normalized spacial score (nSPS) is 47.2. The van der Waals surface area contributed by atoms with Crippen LogP contribution in [-0.2, 0) is 4.79 Å². The Hall–Kier alpha value is -0.570. The summed E-state index contributed by atoms with van der Waals surface area (Å²) in [5.74, 6) is 3.45. The third kappa shape index (κ3) is 3.77. The molecule has 0 heterocycles. The van der Waals surface area contributed by atoms with Crippen molar-refractivity contribution in [1.82, 2.24) is 0 Å². The Morgan fingerprint density at radius 2 is 1.61 bits per heavy atom. The van der Waals surface area contributed by atoms with Gasteiger partial charge in [-0.3, -0.25) is 4.79 Å². The largest absolute Gasteiger partial charge is 0.481 e. The standard InChI is InChI=1S/C23H38O3.C2H6/c1-22-13-11-20-18(8-6-16-14-17(24)10-12-23(16,20)2)19(22)9-7-15(22)4-3-5-21(25)26;1-2/h15-20,24H,3-14H2,1-2H3,(H,25,26);1-2H3/t15-,16?,17+,18?,19?,20?,22?,23?;/m0./s1. The summed E-state index contributed by atoms with van der Waals surface area (Å²) in [5.41, 5.74) is 0.919. The molecule has 4 aliphatic carbocycles. The van der Waals surface area contributed by atoms with Crippen LogP contribution in [0.2, 0.25) is 0 Å². The molecule has 0 amide bonds. The zero-order chi connectivity index (χ0) is 20.5. The number of aliphatic hydroxyl groups is 1. The summed E-state index contributed by atoms with van der Waals surface area (Å²) in [6.45, 7) is 9.10. The van der Waals surface area contributed by atoms with Crippen LogP contribution in [0.4, 0.5) is 0 Å². The van der Waals surface area contributed by atoms with Gasteiger partial charge in [0.1, 0.15) is 0 Å². The number of fused-ring (bicyclic) bond motifs is 5. The van der Waals surface area contributed by atoms with E-state index in [2.05, 4.69) is 13.8 Å². The van der Waals surface area contributed by atoms with Crippen molar-refractivity contribution in [2.45, 2.75) is 111 Å². The zero-order valence-electron chi connectivity index (χ0n) is 18.8. The van der Waals surface area contributed by atoms with E-state index in [1.54, 1.807) is 0 Å². The van der Waals surface area contributed by atoms with E-state index >= 15 is 0 Å². The Morgan fingerprint density at radius 3 is 2.32 bits per heavy atom. The predicted octanol–water partition coefficient (Wildman–Crippen LogP) is 6.29. The molecule has 4 aliphatic rings. The fraction of sp³-hybridized carbons (Fsp3) is 0.960. The number of carboxylic acid groups (broad SMARTS) is 1. The highest BCUT2D eigenvalue weighted by atomic mass is 16.4. The van der Waals surface area contributed by atoms with E-state index in [-0.39, 0.29) is 6.10 Å². The molecule has 162 valence electrons.